The fourth-order valence-electron chi connectivity index (χ4n) is 1.64. The summed E-state index contributed by atoms with van der Waals surface area (Å²) < 4.78 is 1.87. The summed E-state index contributed by atoms with van der Waals surface area (Å²) >= 11 is 11.9. The van der Waals surface area contributed by atoms with Gasteiger partial charge in [0.25, 0.3) is 0 Å². The van der Waals surface area contributed by atoms with E-state index in [4.69, 9.17) is 23.2 Å². The first-order valence-corrected chi connectivity index (χ1v) is 6.41. The van der Waals surface area contributed by atoms with Gasteiger partial charge in [0.2, 0.25) is 0 Å². The van der Waals surface area contributed by atoms with Gasteiger partial charge in [0.05, 0.1) is 17.3 Å². The third-order valence-electron chi connectivity index (χ3n) is 2.50. The van der Waals surface area contributed by atoms with Crippen LogP contribution in [0.3, 0.4) is 0 Å². The molecular formula is C12H14Cl2N4. The second kappa shape index (κ2) is 5.59. The maximum absolute atomic E-state index is 6.08. The average Bonchev–Trinajstić information content (AvgIpc) is 2.76. The maximum atomic E-state index is 6.08. The number of nitrogens with zero attached hydrogens (tertiary/aromatic N) is 3. The molecule has 18 heavy (non-hydrogen) atoms. The van der Waals surface area contributed by atoms with Crippen LogP contribution < -0.4 is 5.32 Å². The molecule has 4 nitrogen and oxygen atoms in total. The molecule has 0 unspecified atom stereocenters. The molecule has 6 heteroatoms. The normalized spacial score (nSPS) is 10.9. The monoisotopic (exact) mass is 284 g/mol. The fraction of sp³-hybridized carbons (Fsp3) is 0.333. The zero-order valence-electron chi connectivity index (χ0n) is 10.2. The van der Waals surface area contributed by atoms with Gasteiger partial charge in [-0.05, 0) is 32.0 Å². The number of hydrogen-bond acceptors (Lipinski definition) is 3. The highest BCUT2D eigenvalue weighted by Gasteiger charge is 2.08. The zero-order chi connectivity index (χ0) is 13.1. The van der Waals surface area contributed by atoms with Crippen LogP contribution in [0.15, 0.2) is 24.5 Å². The molecule has 1 aromatic carbocycles. The van der Waals surface area contributed by atoms with Gasteiger partial charge in [-0.25, -0.2) is 9.67 Å². The predicted molar refractivity (Wildman–Crippen MR) is 74.2 cm³/mol. The van der Waals surface area contributed by atoms with Crippen molar-refractivity contribution in [3.05, 3.63) is 40.4 Å². The van der Waals surface area contributed by atoms with Gasteiger partial charge in [-0.1, -0.05) is 23.2 Å². The van der Waals surface area contributed by atoms with Crippen LogP contribution in [0.4, 0.5) is 5.69 Å². The molecule has 0 fully saturated rings. The van der Waals surface area contributed by atoms with Gasteiger partial charge in [0, 0.05) is 11.1 Å². The minimum Gasteiger partial charge on any atom is -0.377 e. The van der Waals surface area contributed by atoms with Crippen molar-refractivity contribution in [3.63, 3.8) is 0 Å². The van der Waals surface area contributed by atoms with Crippen molar-refractivity contribution in [2.24, 2.45) is 0 Å². The number of halogens is 2. The average molecular weight is 285 g/mol. The largest absolute Gasteiger partial charge is 0.377 e. The van der Waals surface area contributed by atoms with Gasteiger partial charge in [-0.2, -0.15) is 5.10 Å². The zero-order valence-corrected chi connectivity index (χ0v) is 11.7. The van der Waals surface area contributed by atoms with E-state index >= 15 is 0 Å². The van der Waals surface area contributed by atoms with Crippen molar-refractivity contribution in [1.82, 2.24) is 14.8 Å². The lowest BCUT2D eigenvalue weighted by Gasteiger charge is -2.11. The van der Waals surface area contributed by atoms with Gasteiger partial charge >= 0.3 is 0 Å². The predicted octanol–water partition coefficient (Wildman–Crippen LogP) is 3.78. The highest BCUT2D eigenvalue weighted by molar-refractivity contribution is 6.36. The molecule has 0 saturated heterocycles. The van der Waals surface area contributed by atoms with Crippen LogP contribution in [-0.2, 0) is 6.54 Å². The Kier molecular flexibility index (Phi) is 4.09. The molecule has 0 amide bonds. The highest BCUT2D eigenvalue weighted by atomic mass is 35.5. The number of benzene rings is 1. The molecule has 0 aliphatic rings. The van der Waals surface area contributed by atoms with Crippen LogP contribution >= 0.6 is 23.2 Å². The lowest BCUT2D eigenvalue weighted by Crippen LogP contribution is -2.12. The second-order valence-corrected chi connectivity index (χ2v) is 5.04. The second-order valence-electron chi connectivity index (χ2n) is 4.19. The highest BCUT2D eigenvalue weighted by Crippen LogP contribution is 2.25. The first-order valence-electron chi connectivity index (χ1n) is 5.65. The van der Waals surface area contributed by atoms with Gasteiger partial charge < -0.3 is 5.32 Å². The van der Waals surface area contributed by atoms with Crippen molar-refractivity contribution in [2.75, 3.05) is 5.32 Å². The fourth-order valence-corrected chi connectivity index (χ4v) is 2.11. The third kappa shape index (κ3) is 2.94. The van der Waals surface area contributed by atoms with E-state index in [1.54, 1.807) is 18.5 Å². The van der Waals surface area contributed by atoms with Crippen LogP contribution in [0.1, 0.15) is 25.7 Å². The topological polar surface area (TPSA) is 42.7 Å². The Morgan fingerprint density at radius 2 is 2.11 bits per heavy atom. The summed E-state index contributed by atoms with van der Waals surface area (Å²) in [4.78, 5) is 4.22. The van der Waals surface area contributed by atoms with Gasteiger partial charge in [0.15, 0.2) is 0 Å². The molecule has 0 aliphatic carbocycles. The maximum Gasteiger partial charge on any atom is 0.146 e. The van der Waals surface area contributed by atoms with Crippen molar-refractivity contribution in [2.45, 2.75) is 26.4 Å². The Balaban J connectivity index is 2.09. The number of rotatable bonds is 4. The standard InChI is InChI=1S/C12H14Cl2N4/c1-8(2)18-12(16-7-17-18)6-15-11-4-3-9(13)5-10(11)14/h3-5,7-8,15H,6H2,1-2H3. The van der Waals surface area contributed by atoms with E-state index in [-0.39, 0.29) is 6.04 Å². The quantitative estimate of drug-likeness (QED) is 0.929. The van der Waals surface area contributed by atoms with Crippen LogP contribution in [0.2, 0.25) is 10.0 Å². The molecule has 2 rings (SSSR count). The van der Waals surface area contributed by atoms with Gasteiger partial charge in [-0.3, -0.25) is 0 Å². The number of hydrogen-bond donors (Lipinski definition) is 1. The summed E-state index contributed by atoms with van der Waals surface area (Å²) in [5.74, 6) is 0.871. The molecule has 1 N–H and O–H groups in total. The Labute approximate surface area is 116 Å². The summed E-state index contributed by atoms with van der Waals surface area (Å²) in [6.07, 6.45) is 1.56. The van der Waals surface area contributed by atoms with Crippen molar-refractivity contribution in [3.8, 4) is 0 Å². The minimum absolute atomic E-state index is 0.282. The number of aromatic nitrogens is 3. The van der Waals surface area contributed by atoms with E-state index in [2.05, 4.69) is 29.2 Å². The molecule has 0 saturated carbocycles. The smallest absolute Gasteiger partial charge is 0.146 e. The van der Waals surface area contributed by atoms with Crippen LogP contribution in [0, 0.1) is 0 Å². The van der Waals surface area contributed by atoms with E-state index < -0.39 is 0 Å². The molecule has 0 bridgehead atoms. The van der Waals surface area contributed by atoms with Crippen molar-refractivity contribution in [1.29, 1.82) is 0 Å². The van der Waals surface area contributed by atoms with E-state index in [0.717, 1.165) is 11.5 Å². The van der Waals surface area contributed by atoms with E-state index in [0.29, 0.717) is 16.6 Å². The van der Waals surface area contributed by atoms with E-state index in [1.807, 2.05) is 10.7 Å². The number of nitrogens with one attached hydrogen (secondary N) is 1. The summed E-state index contributed by atoms with van der Waals surface area (Å²) in [6.45, 7) is 4.69. The summed E-state index contributed by atoms with van der Waals surface area (Å²) in [6, 6.07) is 5.63. The molecule has 1 aromatic heterocycles. The molecular weight excluding hydrogens is 271 g/mol. The lowest BCUT2D eigenvalue weighted by atomic mass is 10.3. The Morgan fingerprint density at radius 1 is 1.33 bits per heavy atom. The van der Waals surface area contributed by atoms with Crippen LogP contribution in [0.25, 0.3) is 0 Å². The Bertz CT molecular complexity index is 537. The van der Waals surface area contributed by atoms with Crippen LogP contribution in [-0.4, -0.2) is 14.8 Å². The van der Waals surface area contributed by atoms with E-state index in [9.17, 15) is 0 Å². The molecule has 0 atom stereocenters. The molecule has 0 spiro atoms. The molecule has 1 heterocycles. The molecule has 96 valence electrons. The molecule has 0 aliphatic heterocycles. The van der Waals surface area contributed by atoms with Crippen molar-refractivity contribution >= 4 is 28.9 Å². The third-order valence-corrected chi connectivity index (χ3v) is 3.05. The lowest BCUT2D eigenvalue weighted by molar-refractivity contribution is 0.509. The first kappa shape index (κ1) is 13.2. The van der Waals surface area contributed by atoms with Crippen LogP contribution in [0.5, 0.6) is 0 Å². The SMILES string of the molecule is CC(C)n1ncnc1CNc1ccc(Cl)cc1Cl. The Hall–Kier alpha value is -1.26. The van der Waals surface area contributed by atoms with Gasteiger partial charge in [0.1, 0.15) is 12.2 Å². The summed E-state index contributed by atoms with van der Waals surface area (Å²) in [7, 11) is 0. The minimum atomic E-state index is 0.282. The summed E-state index contributed by atoms with van der Waals surface area (Å²) in [5, 5.41) is 8.62. The summed E-state index contributed by atoms with van der Waals surface area (Å²) in [5.41, 5.74) is 0.833. The molecule has 2 aromatic rings. The first-order chi connectivity index (χ1) is 8.58. The number of anilines is 1. The molecule has 0 radical (unpaired) electrons. The van der Waals surface area contributed by atoms with Crippen molar-refractivity contribution < 1.29 is 0 Å². The Morgan fingerprint density at radius 3 is 2.78 bits per heavy atom. The van der Waals surface area contributed by atoms with Gasteiger partial charge in [-0.15, -0.1) is 0 Å². The van der Waals surface area contributed by atoms with E-state index in [1.165, 1.54) is 0 Å².